The van der Waals surface area contributed by atoms with Gasteiger partial charge in [-0.05, 0) is 87.6 Å². The Morgan fingerprint density at radius 3 is 2.27 bits per heavy atom. The maximum atomic E-state index is 14.1. The van der Waals surface area contributed by atoms with Gasteiger partial charge in [-0.3, -0.25) is 13.9 Å². The summed E-state index contributed by atoms with van der Waals surface area (Å²) >= 11 is 6.23. The summed E-state index contributed by atoms with van der Waals surface area (Å²) in [4.78, 5) is 29.0. The van der Waals surface area contributed by atoms with Crippen LogP contribution in [0.5, 0.6) is 0 Å². The van der Waals surface area contributed by atoms with Crippen molar-refractivity contribution in [1.82, 2.24) is 10.2 Å². The molecule has 2 amide bonds. The normalized spacial score (nSPS) is 14.5. The number of carbonyl (C=O) groups is 2. The van der Waals surface area contributed by atoms with Crippen molar-refractivity contribution in [3.8, 4) is 0 Å². The number of carbonyl (C=O) groups excluding carboxylic acids is 2. The minimum Gasteiger partial charge on any atom is -0.352 e. The van der Waals surface area contributed by atoms with Gasteiger partial charge in [0.05, 0.1) is 10.6 Å². The van der Waals surface area contributed by atoms with Crippen molar-refractivity contribution in [3.05, 3.63) is 94.0 Å². The van der Waals surface area contributed by atoms with Gasteiger partial charge in [0.15, 0.2) is 0 Å². The summed E-state index contributed by atoms with van der Waals surface area (Å²) in [7, 11) is -4.12. The number of rotatable bonds is 10. The molecule has 4 rings (SSSR count). The molecular formula is C32H38ClN3O4S. The lowest BCUT2D eigenvalue weighted by molar-refractivity contribution is -0.139. The molecule has 0 spiro atoms. The minimum absolute atomic E-state index is 0.0847. The van der Waals surface area contributed by atoms with Crippen LogP contribution in [0.15, 0.2) is 71.6 Å². The summed E-state index contributed by atoms with van der Waals surface area (Å²) in [5.41, 5.74) is 3.67. The highest BCUT2D eigenvalue weighted by atomic mass is 35.5. The van der Waals surface area contributed by atoms with E-state index >= 15 is 0 Å². The van der Waals surface area contributed by atoms with Crippen LogP contribution in [-0.4, -0.2) is 43.8 Å². The molecule has 1 unspecified atom stereocenters. The van der Waals surface area contributed by atoms with Crippen molar-refractivity contribution in [3.63, 3.8) is 0 Å². The number of sulfonamides is 1. The smallest absolute Gasteiger partial charge is 0.264 e. The Hall–Kier alpha value is -3.36. The first-order chi connectivity index (χ1) is 19.5. The molecular weight excluding hydrogens is 558 g/mol. The maximum absolute atomic E-state index is 14.1. The molecule has 0 radical (unpaired) electrons. The number of hydrogen-bond acceptors (Lipinski definition) is 4. The van der Waals surface area contributed by atoms with Gasteiger partial charge < -0.3 is 10.2 Å². The van der Waals surface area contributed by atoms with Crippen molar-refractivity contribution >= 4 is 39.1 Å². The van der Waals surface area contributed by atoms with Gasteiger partial charge in [0.1, 0.15) is 12.6 Å². The fraction of sp³-hybridized carbons (Fsp3) is 0.375. The third kappa shape index (κ3) is 7.49. The van der Waals surface area contributed by atoms with Gasteiger partial charge in [-0.15, -0.1) is 0 Å². The second-order valence-electron chi connectivity index (χ2n) is 10.9. The highest BCUT2D eigenvalue weighted by Crippen LogP contribution is 2.29. The number of aryl methyl sites for hydroxylation is 3. The number of hydrogen-bond donors (Lipinski definition) is 1. The zero-order chi connectivity index (χ0) is 29.7. The summed E-state index contributed by atoms with van der Waals surface area (Å²) in [6.07, 6.45) is 3.95. The topological polar surface area (TPSA) is 86.8 Å². The molecule has 218 valence electrons. The van der Waals surface area contributed by atoms with Crippen LogP contribution in [0.4, 0.5) is 5.69 Å². The molecule has 3 aromatic carbocycles. The number of nitrogens with one attached hydrogen (secondary N) is 1. The first-order valence-corrected chi connectivity index (χ1v) is 15.8. The van der Waals surface area contributed by atoms with E-state index in [1.807, 2.05) is 39.0 Å². The molecule has 7 nitrogen and oxygen atoms in total. The van der Waals surface area contributed by atoms with E-state index in [-0.39, 0.29) is 23.4 Å². The van der Waals surface area contributed by atoms with Crippen LogP contribution in [-0.2, 0) is 26.2 Å². The molecule has 1 atom stereocenters. The molecule has 0 heterocycles. The summed E-state index contributed by atoms with van der Waals surface area (Å²) in [5, 5.41) is 3.59. The number of amides is 2. The van der Waals surface area contributed by atoms with E-state index in [0.717, 1.165) is 46.7 Å². The first kappa shape index (κ1) is 30.6. The fourth-order valence-electron chi connectivity index (χ4n) is 5.15. The van der Waals surface area contributed by atoms with E-state index in [0.29, 0.717) is 16.3 Å². The molecule has 0 aliphatic heterocycles. The number of anilines is 1. The van der Waals surface area contributed by atoms with E-state index in [9.17, 15) is 18.0 Å². The van der Waals surface area contributed by atoms with Gasteiger partial charge in [0.2, 0.25) is 11.8 Å². The average molecular weight is 596 g/mol. The van der Waals surface area contributed by atoms with Crippen LogP contribution in [0.2, 0.25) is 5.02 Å². The zero-order valence-electron chi connectivity index (χ0n) is 24.1. The maximum Gasteiger partial charge on any atom is 0.264 e. The molecule has 1 aliphatic rings. The lowest BCUT2D eigenvalue weighted by Gasteiger charge is -2.33. The Kier molecular flexibility index (Phi) is 9.76. The van der Waals surface area contributed by atoms with Crippen LogP contribution < -0.4 is 9.62 Å². The van der Waals surface area contributed by atoms with E-state index < -0.39 is 28.5 Å². The summed E-state index contributed by atoms with van der Waals surface area (Å²) in [6.45, 7) is 6.89. The van der Waals surface area contributed by atoms with Gasteiger partial charge in [0, 0.05) is 17.6 Å². The zero-order valence-corrected chi connectivity index (χ0v) is 25.6. The largest absolute Gasteiger partial charge is 0.352 e. The van der Waals surface area contributed by atoms with E-state index in [1.165, 1.54) is 4.90 Å². The fourth-order valence-corrected chi connectivity index (χ4v) is 6.83. The predicted octanol–water partition coefficient (Wildman–Crippen LogP) is 5.94. The van der Waals surface area contributed by atoms with E-state index in [1.54, 1.807) is 55.5 Å². The molecule has 1 fully saturated rings. The standard InChI is InChI=1S/C32H38ClN3O4S/c1-22-13-16-29(17-14-22)41(39,40)36(30-18-23(2)12-15-24(30)3)21-31(37)35(20-26-8-7-9-27(33)19-26)25(4)32(38)34-28-10-5-6-11-28/h7-9,12-19,25,28H,5-6,10-11,20-21H2,1-4H3,(H,34,38). The third-order valence-electron chi connectivity index (χ3n) is 7.63. The summed E-state index contributed by atoms with van der Waals surface area (Å²) in [6, 6.07) is 18.4. The molecule has 1 saturated carbocycles. The molecule has 1 N–H and O–H groups in total. The minimum atomic E-state index is -4.12. The van der Waals surface area contributed by atoms with E-state index in [2.05, 4.69) is 5.32 Å². The van der Waals surface area contributed by atoms with Crippen LogP contribution in [0.3, 0.4) is 0 Å². The second-order valence-corrected chi connectivity index (χ2v) is 13.2. The quantitative estimate of drug-likeness (QED) is 0.314. The Labute approximate surface area is 248 Å². The monoisotopic (exact) mass is 595 g/mol. The lowest BCUT2D eigenvalue weighted by Crippen LogP contribution is -2.52. The van der Waals surface area contributed by atoms with Gasteiger partial charge in [-0.25, -0.2) is 8.42 Å². The van der Waals surface area contributed by atoms with Crippen LogP contribution in [0, 0.1) is 20.8 Å². The second kappa shape index (κ2) is 13.1. The van der Waals surface area contributed by atoms with Crippen LogP contribution >= 0.6 is 11.6 Å². The van der Waals surface area contributed by atoms with Crippen molar-refractivity contribution in [2.24, 2.45) is 0 Å². The van der Waals surface area contributed by atoms with Gasteiger partial charge in [-0.2, -0.15) is 0 Å². The highest BCUT2D eigenvalue weighted by molar-refractivity contribution is 7.92. The van der Waals surface area contributed by atoms with E-state index in [4.69, 9.17) is 11.6 Å². The molecule has 0 aromatic heterocycles. The van der Waals surface area contributed by atoms with Crippen molar-refractivity contribution in [1.29, 1.82) is 0 Å². The lowest BCUT2D eigenvalue weighted by atomic mass is 10.1. The SMILES string of the molecule is Cc1ccc(S(=O)(=O)N(CC(=O)N(Cc2cccc(Cl)c2)C(C)C(=O)NC2CCCC2)c2cc(C)ccc2C)cc1. The van der Waals surface area contributed by atoms with Crippen LogP contribution in [0.25, 0.3) is 0 Å². The Balaban J connectivity index is 1.72. The van der Waals surface area contributed by atoms with Gasteiger partial charge in [-0.1, -0.05) is 66.4 Å². The van der Waals surface area contributed by atoms with Crippen LogP contribution in [0.1, 0.15) is 54.9 Å². The molecule has 9 heteroatoms. The molecule has 41 heavy (non-hydrogen) atoms. The van der Waals surface area contributed by atoms with Crippen molar-refractivity contribution in [2.75, 3.05) is 10.8 Å². The average Bonchev–Trinajstić information content (AvgIpc) is 3.44. The highest BCUT2D eigenvalue weighted by Gasteiger charge is 2.34. The predicted molar refractivity (Wildman–Crippen MR) is 163 cm³/mol. The molecule has 3 aromatic rings. The van der Waals surface area contributed by atoms with Crippen molar-refractivity contribution < 1.29 is 18.0 Å². The van der Waals surface area contributed by atoms with Gasteiger partial charge in [0.25, 0.3) is 10.0 Å². The molecule has 1 aliphatic carbocycles. The van der Waals surface area contributed by atoms with Crippen molar-refractivity contribution in [2.45, 2.75) is 76.9 Å². The first-order valence-electron chi connectivity index (χ1n) is 14.0. The summed E-state index contributed by atoms with van der Waals surface area (Å²) in [5.74, 6) is -0.748. The number of benzene rings is 3. The number of nitrogens with zero attached hydrogens (tertiary/aromatic N) is 2. The Bertz CT molecular complexity index is 1500. The van der Waals surface area contributed by atoms with Gasteiger partial charge >= 0.3 is 0 Å². The summed E-state index contributed by atoms with van der Waals surface area (Å²) < 4.78 is 29.3. The molecule has 0 bridgehead atoms. The number of halogens is 1. The Morgan fingerprint density at radius 2 is 1.61 bits per heavy atom. The third-order valence-corrected chi connectivity index (χ3v) is 9.64. The Morgan fingerprint density at radius 1 is 0.951 bits per heavy atom. The molecule has 0 saturated heterocycles.